The summed E-state index contributed by atoms with van der Waals surface area (Å²) in [6, 6.07) is 18.3. The van der Waals surface area contributed by atoms with Crippen molar-refractivity contribution < 1.29 is 32.9 Å². The number of carbonyl (C=O) groups is 1. The molecule has 6 nitrogen and oxygen atoms in total. The minimum absolute atomic E-state index is 0.0488. The molecule has 3 fully saturated rings. The van der Waals surface area contributed by atoms with Crippen molar-refractivity contribution in [3.05, 3.63) is 101 Å². The number of aromatic hydroxyl groups is 1. The summed E-state index contributed by atoms with van der Waals surface area (Å²) in [4.78, 5) is 18.5. The second-order valence-corrected chi connectivity index (χ2v) is 14.8. The van der Waals surface area contributed by atoms with E-state index in [-0.39, 0.29) is 17.7 Å². The normalized spacial score (nSPS) is 28.7. The summed E-state index contributed by atoms with van der Waals surface area (Å²) in [5.41, 5.74) is 0.882. The Bertz CT molecular complexity index is 1760. The Balaban J connectivity index is 1.12. The number of benzene rings is 3. The lowest BCUT2D eigenvalue weighted by molar-refractivity contribution is -0.201. The van der Waals surface area contributed by atoms with Gasteiger partial charge in [0.2, 0.25) is 5.91 Å². The molecule has 0 unspecified atom stereocenters. The van der Waals surface area contributed by atoms with Crippen LogP contribution in [0, 0.1) is 5.92 Å². The standard InChI is InChI=1S/C40H43F3N2O4/c41-40(42,43)30-11-6-10-27(23-30)14-17-34(47)45(21-5-4-9-26-7-2-1-3-8-26)31-18-19-39(48)33-24-29-15-16-32(46)36-35(29)38(39,37(31)49-36)20-22-44(33)25-28-12-13-28/h1-3,6-8,10-11,14-17,23,28,31,33,37,46,48H,4-5,9,12-13,18-22,24-25H2/t31-,33-,37+,38+,39-/m1/s1. The Labute approximate surface area is 285 Å². The van der Waals surface area contributed by atoms with Gasteiger partial charge in [0.05, 0.1) is 22.6 Å². The van der Waals surface area contributed by atoms with Gasteiger partial charge in [-0.2, -0.15) is 13.2 Å². The summed E-state index contributed by atoms with van der Waals surface area (Å²) in [7, 11) is 0. The summed E-state index contributed by atoms with van der Waals surface area (Å²) in [5.74, 6) is 0.853. The van der Waals surface area contributed by atoms with E-state index in [1.165, 1.54) is 36.6 Å². The maximum absolute atomic E-state index is 14.2. The van der Waals surface area contributed by atoms with E-state index < -0.39 is 34.9 Å². The van der Waals surface area contributed by atoms with Gasteiger partial charge in [-0.1, -0.05) is 48.5 Å². The number of alkyl halides is 3. The van der Waals surface area contributed by atoms with E-state index in [0.717, 1.165) is 55.6 Å². The van der Waals surface area contributed by atoms with E-state index in [2.05, 4.69) is 17.0 Å². The van der Waals surface area contributed by atoms with Crippen LogP contribution in [-0.2, 0) is 29.2 Å². The first kappa shape index (κ1) is 32.4. The Morgan fingerprint density at radius 3 is 2.61 bits per heavy atom. The molecule has 0 aromatic heterocycles. The first-order valence-electron chi connectivity index (χ1n) is 17.8. The molecule has 2 N–H and O–H groups in total. The highest BCUT2D eigenvalue weighted by Crippen LogP contribution is 2.66. The number of aryl methyl sites for hydroxylation is 1. The summed E-state index contributed by atoms with van der Waals surface area (Å²) in [6.45, 7) is 2.22. The predicted octanol–water partition coefficient (Wildman–Crippen LogP) is 6.91. The number of aliphatic hydroxyl groups is 1. The smallest absolute Gasteiger partial charge is 0.416 e. The number of nitrogens with zero attached hydrogens (tertiary/aromatic N) is 2. The highest BCUT2D eigenvalue weighted by atomic mass is 19.4. The molecule has 3 aromatic rings. The average molecular weight is 673 g/mol. The van der Waals surface area contributed by atoms with Crippen molar-refractivity contribution in [3.63, 3.8) is 0 Å². The van der Waals surface area contributed by atoms with E-state index in [1.54, 1.807) is 12.1 Å². The molecule has 9 heteroatoms. The molecular formula is C40H43F3N2O4. The number of hydrogen-bond donors (Lipinski definition) is 2. The molecule has 3 aliphatic carbocycles. The number of hydrogen-bond acceptors (Lipinski definition) is 5. The maximum Gasteiger partial charge on any atom is 0.416 e. The van der Waals surface area contributed by atoms with Gasteiger partial charge in [0, 0.05) is 30.8 Å². The molecular weight excluding hydrogens is 629 g/mol. The van der Waals surface area contributed by atoms with Crippen LogP contribution in [0.2, 0.25) is 0 Å². The zero-order valence-electron chi connectivity index (χ0n) is 27.5. The van der Waals surface area contributed by atoms with E-state index in [4.69, 9.17) is 4.74 Å². The third-order valence-corrected chi connectivity index (χ3v) is 12.0. The molecule has 1 spiro atoms. The molecule has 5 aliphatic rings. The molecule has 49 heavy (non-hydrogen) atoms. The fraction of sp³-hybridized carbons (Fsp3) is 0.475. The predicted molar refractivity (Wildman–Crippen MR) is 180 cm³/mol. The topological polar surface area (TPSA) is 73.2 Å². The molecule has 2 saturated carbocycles. The van der Waals surface area contributed by atoms with Gasteiger partial charge in [-0.3, -0.25) is 9.69 Å². The number of phenolic OH excluding ortho intramolecular Hbond substituents is 1. The molecule has 3 aromatic carbocycles. The number of ether oxygens (including phenoxy) is 1. The zero-order chi connectivity index (χ0) is 34.0. The van der Waals surface area contributed by atoms with Crippen molar-refractivity contribution in [3.8, 4) is 11.5 Å². The number of phenols is 1. The van der Waals surface area contributed by atoms with Gasteiger partial charge >= 0.3 is 6.18 Å². The lowest BCUT2D eigenvalue weighted by Crippen LogP contribution is -2.78. The summed E-state index contributed by atoms with van der Waals surface area (Å²) in [5, 5.41) is 24.0. The van der Waals surface area contributed by atoms with Crippen molar-refractivity contribution in [1.82, 2.24) is 9.80 Å². The van der Waals surface area contributed by atoms with Crippen LogP contribution in [0.4, 0.5) is 13.2 Å². The Hall–Kier alpha value is -3.82. The van der Waals surface area contributed by atoms with Crippen LogP contribution >= 0.6 is 0 Å². The van der Waals surface area contributed by atoms with Gasteiger partial charge in [-0.05, 0) is 111 Å². The van der Waals surface area contributed by atoms with Gasteiger partial charge in [0.1, 0.15) is 6.10 Å². The SMILES string of the molecule is O=C(C=Cc1cccc(C(F)(F)F)c1)N(CCCCc1ccccc1)[C@@H]1CC[C@@]2(O)[C@H]3Cc4ccc(O)c5c4[C@@]2(CCN3CC2CC2)[C@H]1O5. The molecule has 8 rings (SSSR count). The molecule has 5 atom stereocenters. The van der Waals surface area contributed by atoms with Gasteiger partial charge in [0.25, 0.3) is 0 Å². The summed E-state index contributed by atoms with van der Waals surface area (Å²) < 4.78 is 47.1. The molecule has 2 heterocycles. The zero-order valence-corrected chi connectivity index (χ0v) is 27.5. The van der Waals surface area contributed by atoms with E-state index in [9.17, 15) is 28.2 Å². The van der Waals surface area contributed by atoms with Gasteiger partial charge in [-0.15, -0.1) is 0 Å². The fourth-order valence-electron chi connectivity index (χ4n) is 9.55. The largest absolute Gasteiger partial charge is 0.504 e. The summed E-state index contributed by atoms with van der Waals surface area (Å²) in [6.07, 6.45) is 5.01. The Morgan fingerprint density at radius 1 is 1.02 bits per heavy atom. The number of piperidine rings is 1. The van der Waals surface area contributed by atoms with Crippen molar-refractivity contribution in [2.75, 3.05) is 19.6 Å². The van der Waals surface area contributed by atoms with Gasteiger partial charge in [-0.25, -0.2) is 0 Å². The lowest BCUT2D eigenvalue weighted by atomic mass is 9.48. The minimum atomic E-state index is -4.48. The molecule has 0 radical (unpaired) electrons. The third-order valence-electron chi connectivity index (χ3n) is 12.0. The van der Waals surface area contributed by atoms with Crippen LogP contribution in [0.3, 0.4) is 0 Å². The quantitative estimate of drug-likeness (QED) is 0.181. The highest BCUT2D eigenvalue weighted by molar-refractivity contribution is 5.92. The molecule has 2 bridgehead atoms. The van der Waals surface area contributed by atoms with Crippen LogP contribution < -0.4 is 4.74 Å². The monoisotopic (exact) mass is 672 g/mol. The number of halogens is 3. The average Bonchev–Trinajstić information content (AvgIpc) is 3.83. The van der Waals surface area contributed by atoms with Gasteiger partial charge < -0.3 is 19.8 Å². The number of rotatable bonds is 10. The second-order valence-electron chi connectivity index (χ2n) is 14.8. The number of unbranched alkanes of at least 4 members (excludes halogenated alkanes) is 1. The number of carbonyl (C=O) groups excluding carboxylic acids is 1. The van der Waals surface area contributed by atoms with Crippen LogP contribution in [0.1, 0.15) is 72.8 Å². The molecule has 1 saturated heterocycles. The second kappa shape index (κ2) is 12.2. The molecule has 2 aliphatic heterocycles. The maximum atomic E-state index is 14.2. The van der Waals surface area contributed by atoms with Crippen molar-refractivity contribution in [2.24, 2.45) is 5.92 Å². The fourth-order valence-corrected chi connectivity index (χ4v) is 9.55. The third kappa shape index (κ3) is 5.53. The Morgan fingerprint density at radius 2 is 1.84 bits per heavy atom. The van der Waals surface area contributed by atoms with Crippen LogP contribution in [0.15, 0.2) is 72.8 Å². The van der Waals surface area contributed by atoms with Crippen molar-refractivity contribution >= 4 is 12.0 Å². The number of likely N-dealkylation sites (tertiary alicyclic amines) is 1. The summed E-state index contributed by atoms with van der Waals surface area (Å²) >= 11 is 0. The Kier molecular flexibility index (Phi) is 8.06. The number of amides is 1. The first-order chi connectivity index (χ1) is 23.6. The van der Waals surface area contributed by atoms with E-state index in [1.807, 2.05) is 29.2 Å². The van der Waals surface area contributed by atoms with E-state index >= 15 is 0 Å². The highest BCUT2D eigenvalue weighted by Gasteiger charge is 2.73. The minimum Gasteiger partial charge on any atom is -0.504 e. The van der Waals surface area contributed by atoms with Crippen molar-refractivity contribution in [1.29, 1.82) is 0 Å². The molecule has 258 valence electrons. The molecule has 1 amide bonds. The van der Waals surface area contributed by atoms with Crippen LogP contribution in [-0.4, -0.2) is 69.3 Å². The van der Waals surface area contributed by atoms with Gasteiger partial charge in [0.15, 0.2) is 11.5 Å². The van der Waals surface area contributed by atoms with E-state index in [0.29, 0.717) is 49.5 Å². The van der Waals surface area contributed by atoms with Crippen LogP contribution in [0.25, 0.3) is 6.08 Å². The van der Waals surface area contributed by atoms with Crippen LogP contribution in [0.5, 0.6) is 11.5 Å². The lowest BCUT2D eigenvalue weighted by Gasteiger charge is -2.65. The van der Waals surface area contributed by atoms with Crippen molar-refractivity contribution in [2.45, 2.75) is 93.2 Å². The first-order valence-corrected chi connectivity index (χ1v) is 17.8.